The van der Waals surface area contributed by atoms with E-state index < -0.39 is 0 Å². The van der Waals surface area contributed by atoms with E-state index in [9.17, 15) is 5.26 Å². The van der Waals surface area contributed by atoms with Crippen LogP contribution in [0.5, 0.6) is 17.2 Å². The van der Waals surface area contributed by atoms with Crippen LogP contribution in [-0.4, -0.2) is 14.2 Å². The third kappa shape index (κ3) is 5.91. The van der Waals surface area contributed by atoms with E-state index >= 15 is 0 Å². The molecule has 0 saturated heterocycles. The number of hydrogen-bond acceptors (Lipinski definition) is 4. The van der Waals surface area contributed by atoms with Gasteiger partial charge in [0, 0.05) is 4.47 Å². The van der Waals surface area contributed by atoms with Gasteiger partial charge in [0.15, 0.2) is 11.5 Å². The summed E-state index contributed by atoms with van der Waals surface area (Å²) in [7, 11) is 3.15. The zero-order valence-electron chi connectivity index (χ0n) is 16.8. The fraction of sp³-hybridized carbons (Fsp3) is 0.125. The van der Waals surface area contributed by atoms with E-state index in [1.807, 2.05) is 48.5 Å². The molecule has 7 heteroatoms. The van der Waals surface area contributed by atoms with Crippen LogP contribution >= 0.6 is 47.8 Å². The molecule has 0 saturated carbocycles. The first-order chi connectivity index (χ1) is 14.9. The average molecular weight is 608 g/mol. The van der Waals surface area contributed by atoms with Crippen LogP contribution in [0.3, 0.4) is 0 Å². The van der Waals surface area contributed by atoms with Crippen molar-refractivity contribution in [2.75, 3.05) is 14.2 Å². The van der Waals surface area contributed by atoms with E-state index in [2.05, 4.69) is 53.9 Å². The molecule has 0 aromatic heterocycles. The predicted molar refractivity (Wildman–Crippen MR) is 133 cm³/mol. The Morgan fingerprint density at radius 1 is 0.903 bits per heavy atom. The third-order valence-corrected chi connectivity index (χ3v) is 6.15. The molecular formula is C24H18Br3NO3. The molecule has 0 unspecified atom stereocenters. The van der Waals surface area contributed by atoms with Gasteiger partial charge in [0.25, 0.3) is 0 Å². The van der Waals surface area contributed by atoms with Crippen LogP contribution in [0.15, 0.2) is 68.0 Å². The van der Waals surface area contributed by atoms with E-state index in [4.69, 9.17) is 14.2 Å². The molecule has 0 N–H and O–H groups in total. The lowest BCUT2D eigenvalue weighted by Crippen LogP contribution is -1.97. The fourth-order valence-electron chi connectivity index (χ4n) is 2.89. The van der Waals surface area contributed by atoms with E-state index in [-0.39, 0.29) is 0 Å². The van der Waals surface area contributed by atoms with Gasteiger partial charge in [-0.1, -0.05) is 28.1 Å². The Balaban J connectivity index is 1.86. The molecule has 0 heterocycles. The summed E-state index contributed by atoms with van der Waals surface area (Å²) >= 11 is 10.6. The van der Waals surface area contributed by atoms with Crippen molar-refractivity contribution >= 4 is 59.4 Å². The third-order valence-electron chi connectivity index (χ3n) is 4.44. The van der Waals surface area contributed by atoms with Crippen molar-refractivity contribution in [1.29, 1.82) is 5.26 Å². The molecule has 0 atom stereocenters. The van der Waals surface area contributed by atoms with Gasteiger partial charge in [0.1, 0.15) is 12.4 Å². The summed E-state index contributed by atoms with van der Waals surface area (Å²) in [5, 5.41) is 9.71. The van der Waals surface area contributed by atoms with Crippen LogP contribution in [0.25, 0.3) is 11.6 Å². The molecule has 0 amide bonds. The van der Waals surface area contributed by atoms with Crippen molar-refractivity contribution < 1.29 is 14.2 Å². The van der Waals surface area contributed by atoms with Crippen LogP contribution in [-0.2, 0) is 6.61 Å². The lowest BCUT2D eigenvalue weighted by atomic mass is 10.0. The minimum Gasteiger partial charge on any atom is -0.493 e. The Kier molecular flexibility index (Phi) is 8.19. The number of halogens is 3. The molecular weight excluding hydrogens is 590 g/mol. The largest absolute Gasteiger partial charge is 0.493 e. The first-order valence-corrected chi connectivity index (χ1v) is 11.5. The van der Waals surface area contributed by atoms with Gasteiger partial charge in [-0.2, -0.15) is 5.26 Å². The van der Waals surface area contributed by atoms with E-state index in [1.165, 1.54) is 0 Å². The lowest BCUT2D eigenvalue weighted by Gasteiger charge is -2.12. The van der Waals surface area contributed by atoms with Gasteiger partial charge >= 0.3 is 0 Å². The van der Waals surface area contributed by atoms with Crippen LogP contribution in [0, 0.1) is 11.3 Å². The lowest BCUT2D eigenvalue weighted by molar-refractivity contribution is 0.302. The molecule has 3 aromatic rings. The number of nitriles is 1. The van der Waals surface area contributed by atoms with E-state index in [0.29, 0.717) is 29.4 Å². The summed E-state index contributed by atoms with van der Waals surface area (Å²) in [5.74, 6) is 1.88. The summed E-state index contributed by atoms with van der Waals surface area (Å²) in [6.45, 7) is 0.439. The number of hydrogen-bond donors (Lipinski definition) is 0. The normalized spacial score (nSPS) is 11.0. The maximum absolute atomic E-state index is 9.71. The number of rotatable bonds is 7. The molecule has 3 rings (SSSR count). The van der Waals surface area contributed by atoms with Crippen LogP contribution < -0.4 is 14.2 Å². The Morgan fingerprint density at radius 3 is 2.13 bits per heavy atom. The number of allylic oxidation sites excluding steroid dienone is 1. The molecule has 0 aliphatic carbocycles. The van der Waals surface area contributed by atoms with Crippen LogP contribution in [0.4, 0.5) is 0 Å². The van der Waals surface area contributed by atoms with E-state index in [1.54, 1.807) is 26.4 Å². The van der Waals surface area contributed by atoms with Gasteiger partial charge in [-0.25, -0.2) is 0 Å². The molecule has 31 heavy (non-hydrogen) atoms. The SMILES string of the molecule is COc1ccc(/C(C#N)=C/c2cc(Br)c(OCc3ccc(Br)cc3)c(Br)c2)cc1OC. The summed E-state index contributed by atoms with van der Waals surface area (Å²) in [5.41, 5.74) is 3.15. The van der Waals surface area contributed by atoms with Gasteiger partial charge in [-0.3, -0.25) is 0 Å². The van der Waals surface area contributed by atoms with Crippen molar-refractivity contribution in [3.8, 4) is 23.3 Å². The average Bonchev–Trinajstić information content (AvgIpc) is 2.77. The summed E-state index contributed by atoms with van der Waals surface area (Å²) in [4.78, 5) is 0. The molecule has 4 nitrogen and oxygen atoms in total. The topological polar surface area (TPSA) is 51.5 Å². The van der Waals surface area contributed by atoms with Gasteiger partial charge in [-0.05, 0) is 97.1 Å². The maximum Gasteiger partial charge on any atom is 0.161 e. The van der Waals surface area contributed by atoms with Crippen molar-refractivity contribution in [3.05, 3.63) is 84.7 Å². The second kappa shape index (κ2) is 10.9. The minimum atomic E-state index is 0.439. The molecule has 0 spiro atoms. The Hall–Kier alpha value is -2.27. The quantitative estimate of drug-likeness (QED) is 0.205. The van der Waals surface area contributed by atoms with Gasteiger partial charge in [0.2, 0.25) is 0 Å². The molecule has 0 radical (unpaired) electrons. The van der Waals surface area contributed by atoms with Gasteiger partial charge in [-0.15, -0.1) is 0 Å². The summed E-state index contributed by atoms with van der Waals surface area (Å²) in [6.07, 6.45) is 1.81. The molecule has 158 valence electrons. The highest BCUT2D eigenvalue weighted by molar-refractivity contribution is 9.11. The Labute approximate surface area is 206 Å². The maximum atomic E-state index is 9.71. The predicted octanol–water partition coefficient (Wildman–Crippen LogP) is 7.63. The fourth-order valence-corrected chi connectivity index (χ4v) is 4.60. The summed E-state index contributed by atoms with van der Waals surface area (Å²) in [6, 6.07) is 19.5. The standard InChI is InChI=1S/C24H18Br3NO3/c1-29-22-8-5-17(12-23(22)30-2)18(13-28)9-16-10-20(26)24(21(27)11-16)31-14-15-3-6-19(25)7-4-15/h3-12H,14H2,1-2H3/b18-9+. The number of benzene rings is 3. The van der Waals surface area contributed by atoms with Crippen molar-refractivity contribution in [2.45, 2.75) is 6.61 Å². The van der Waals surface area contributed by atoms with Crippen LogP contribution in [0.1, 0.15) is 16.7 Å². The van der Waals surface area contributed by atoms with Gasteiger partial charge in [0.05, 0.1) is 34.8 Å². The molecule has 0 fully saturated rings. The highest BCUT2D eigenvalue weighted by Gasteiger charge is 2.12. The minimum absolute atomic E-state index is 0.439. The van der Waals surface area contributed by atoms with E-state index in [0.717, 1.165) is 30.1 Å². The zero-order chi connectivity index (χ0) is 22.4. The highest BCUT2D eigenvalue weighted by Crippen LogP contribution is 2.37. The first kappa shape index (κ1) is 23.4. The Morgan fingerprint density at radius 2 is 1.55 bits per heavy atom. The second-order valence-electron chi connectivity index (χ2n) is 6.47. The number of methoxy groups -OCH3 is 2. The first-order valence-electron chi connectivity index (χ1n) is 9.15. The number of nitrogens with zero attached hydrogens (tertiary/aromatic N) is 1. The molecule has 0 aliphatic rings. The zero-order valence-corrected chi connectivity index (χ0v) is 21.5. The highest BCUT2D eigenvalue weighted by atomic mass is 79.9. The Bertz CT molecular complexity index is 1130. The van der Waals surface area contributed by atoms with Crippen molar-refractivity contribution in [1.82, 2.24) is 0 Å². The molecule has 0 bridgehead atoms. The monoisotopic (exact) mass is 605 g/mol. The van der Waals surface area contributed by atoms with Crippen molar-refractivity contribution in [2.24, 2.45) is 0 Å². The van der Waals surface area contributed by atoms with Crippen LogP contribution in [0.2, 0.25) is 0 Å². The molecule has 0 aliphatic heterocycles. The molecule has 3 aromatic carbocycles. The van der Waals surface area contributed by atoms with Crippen molar-refractivity contribution in [3.63, 3.8) is 0 Å². The smallest absolute Gasteiger partial charge is 0.161 e. The number of ether oxygens (including phenoxy) is 3. The van der Waals surface area contributed by atoms with Gasteiger partial charge < -0.3 is 14.2 Å². The summed E-state index contributed by atoms with van der Waals surface area (Å²) < 4.78 is 19.2. The second-order valence-corrected chi connectivity index (χ2v) is 9.09.